The number of hydrogen-bond acceptors (Lipinski definition) is 1. The first-order valence-corrected chi connectivity index (χ1v) is 9.73. The first-order chi connectivity index (χ1) is 11.1. The van der Waals surface area contributed by atoms with Crippen LogP contribution in [0.15, 0.2) is 30.9 Å². The lowest BCUT2D eigenvalue weighted by molar-refractivity contribution is 0.128. The van der Waals surface area contributed by atoms with E-state index in [0.29, 0.717) is 5.41 Å². The third-order valence-corrected chi connectivity index (χ3v) is 5.44. The second kappa shape index (κ2) is 9.30. The minimum atomic E-state index is 0.496. The molecule has 2 rings (SSSR count). The molecule has 1 aromatic rings. The highest BCUT2D eigenvalue weighted by Gasteiger charge is 2.33. The molecule has 2 nitrogen and oxygen atoms in total. The number of imidazole rings is 1. The Morgan fingerprint density at radius 3 is 2.78 bits per heavy atom. The maximum absolute atomic E-state index is 4.20. The van der Waals surface area contributed by atoms with E-state index in [1.165, 1.54) is 57.8 Å². The van der Waals surface area contributed by atoms with Gasteiger partial charge in [-0.1, -0.05) is 58.6 Å². The number of rotatable bonds is 9. The number of hydrogen-bond donors (Lipinski definition) is 0. The molecule has 1 saturated carbocycles. The van der Waals surface area contributed by atoms with Crippen LogP contribution in [-0.2, 0) is 6.54 Å². The maximum Gasteiger partial charge on any atom is 0.0946 e. The normalized spacial score (nSPS) is 24.3. The maximum atomic E-state index is 4.20. The molecule has 0 radical (unpaired) electrons. The average Bonchev–Trinajstić information content (AvgIpc) is 3.01. The Balaban J connectivity index is 1.82. The van der Waals surface area contributed by atoms with E-state index in [9.17, 15) is 0 Å². The summed E-state index contributed by atoms with van der Waals surface area (Å²) in [5, 5.41) is 0. The van der Waals surface area contributed by atoms with Crippen LogP contribution in [0.1, 0.15) is 78.6 Å². The molecule has 1 heterocycles. The molecule has 2 heteroatoms. The fourth-order valence-electron chi connectivity index (χ4n) is 4.01. The molecule has 0 N–H and O–H groups in total. The van der Waals surface area contributed by atoms with Gasteiger partial charge >= 0.3 is 0 Å². The molecular weight excluding hydrogens is 280 g/mol. The quantitative estimate of drug-likeness (QED) is 0.389. The third-order valence-electron chi connectivity index (χ3n) is 5.44. The van der Waals surface area contributed by atoms with Gasteiger partial charge in [0.2, 0.25) is 0 Å². The predicted molar refractivity (Wildman–Crippen MR) is 99.4 cm³/mol. The van der Waals surface area contributed by atoms with Crippen molar-refractivity contribution in [3.8, 4) is 0 Å². The van der Waals surface area contributed by atoms with Crippen molar-refractivity contribution in [2.75, 3.05) is 0 Å². The number of unbranched alkanes of at least 4 members (excludes halogenated alkanes) is 5. The molecule has 0 amide bonds. The molecule has 0 aliphatic heterocycles. The van der Waals surface area contributed by atoms with Gasteiger partial charge in [0.25, 0.3) is 0 Å². The zero-order valence-electron chi connectivity index (χ0n) is 15.5. The van der Waals surface area contributed by atoms with Gasteiger partial charge in [0.15, 0.2) is 0 Å². The monoisotopic (exact) mass is 316 g/mol. The van der Waals surface area contributed by atoms with Gasteiger partial charge in [0.1, 0.15) is 0 Å². The molecule has 2 unspecified atom stereocenters. The molecule has 0 aromatic carbocycles. The molecule has 0 spiro atoms. The van der Waals surface area contributed by atoms with Gasteiger partial charge < -0.3 is 4.57 Å². The Morgan fingerprint density at radius 1 is 1.22 bits per heavy atom. The molecule has 1 aliphatic rings. The van der Waals surface area contributed by atoms with Crippen molar-refractivity contribution < 1.29 is 0 Å². The lowest BCUT2D eigenvalue weighted by atomic mass is 9.67. The molecule has 1 aliphatic carbocycles. The first kappa shape index (κ1) is 18.3. The van der Waals surface area contributed by atoms with Crippen LogP contribution in [-0.4, -0.2) is 9.55 Å². The highest BCUT2D eigenvalue weighted by molar-refractivity contribution is 4.97. The van der Waals surface area contributed by atoms with Crippen molar-refractivity contribution in [2.24, 2.45) is 17.3 Å². The minimum absolute atomic E-state index is 0.496. The fraction of sp³-hybridized carbons (Fsp3) is 0.762. The smallest absolute Gasteiger partial charge is 0.0946 e. The first-order valence-electron chi connectivity index (χ1n) is 9.73. The van der Waals surface area contributed by atoms with Crippen LogP contribution in [0.2, 0.25) is 0 Å². The van der Waals surface area contributed by atoms with Crippen molar-refractivity contribution >= 4 is 0 Å². The Kier molecular flexibility index (Phi) is 7.39. The molecule has 0 saturated heterocycles. The molecule has 1 aromatic heterocycles. The van der Waals surface area contributed by atoms with E-state index in [-0.39, 0.29) is 0 Å². The fourth-order valence-corrected chi connectivity index (χ4v) is 4.01. The Labute approximate surface area is 143 Å². The summed E-state index contributed by atoms with van der Waals surface area (Å²) in [5.74, 6) is 1.50. The van der Waals surface area contributed by atoms with E-state index >= 15 is 0 Å². The van der Waals surface area contributed by atoms with Crippen molar-refractivity contribution in [2.45, 2.75) is 85.1 Å². The SMILES string of the molecule is CCCCCCCC=CC1CCC(C)(C)CC1Cn1ccnc1. The Hall–Kier alpha value is -1.05. The largest absolute Gasteiger partial charge is 0.337 e. The lowest BCUT2D eigenvalue weighted by Crippen LogP contribution is -2.31. The van der Waals surface area contributed by atoms with Crippen molar-refractivity contribution in [3.63, 3.8) is 0 Å². The number of aromatic nitrogens is 2. The van der Waals surface area contributed by atoms with Gasteiger partial charge in [-0.2, -0.15) is 0 Å². The van der Waals surface area contributed by atoms with Gasteiger partial charge in [0.05, 0.1) is 6.33 Å². The summed E-state index contributed by atoms with van der Waals surface area (Å²) in [6.07, 6.45) is 23.2. The van der Waals surface area contributed by atoms with Crippen LogP contribution in [0.25, 0.3) is 0 Å². The minimum Gasteiger partial charge on any atom is -0.337 e. The number of nitrogens with zero attached hydrogens (tertiary/aromatic N) is 2. The molecule has 0 bridgehead atoms. The zero-order valence-corrected chi connectivity index (χ0v) is 15.5. The van der Waals surface area contributed by atoms with E-state index in [2.05, 4.69) is 48.7 Å². The summed E-state index contributed by atoms with van der Waals surface area (Å²) in [6, 6.07) is 0. The molecule has 1 fully saturated rings. The Morgan fingerprint density at radius 2 is 2.04 bits per heavy atom. The molecule has 23 heavy (non-hydrogen) atoms. The average molecular weight is 317 g/mol. The summed E-state index contributed by atoms with van der Waals surface area (Å²) in [5.41, 5.74) is 0.496. The summed E-state index contributed by atoms with van der Waals surface area (Å²) < 4.78 is 2.26. The summed E-state index contributed by atoms with van der Waals surface area (Å²) in [4.78, 5) is 4.20. The topological polar surface area (TPSA) is 17.8 Å². The van der Waals surface area contributed by atoms with Crippen LogP contribution in [0, 0.1) is 17.3 Å². The van der Waals surface area contributed by atoms with Crippen molar-refractivity contribution in [1.29, 1.82) is 0 Å². The molecule has 130 valence electrons. The standard InChI is InChI=1S/C21H36N2/c1-4-5-6-7-8-9-10-11-19-12-13-21(2,3)16-20(19)17-23-15-14-22-18-23/h10-11,14-15,18-20H,4-9,12-13,16-17H2,1-3H3. The summed E-state index contributed by atoms with van der Waals surface area (Å²) >= 11 is 0. The van der Waals surface area contributed by atoms with Gasteiger partial charge in [-0.25, -0.2) is 4.98 Å². The van der Waals surface area contributed by atoms with Crippen LogP contribution < -0.4 is 0 Å². The van der Waals surface area contributed by atoms with Crippen molar-refractivity contribution in [3.05, 3.63) is 30.9 Å². The van der Waals surface area contributed by atoms with Crippen LogP contribution in [0.4, 0.5) is 0 Å². The van der Waals surface area contributed by atoms with E-state index in [1.54, 1.807) is 0 Å². The van der Waals surface area contributed by atoms with Crippen molar-refractivity contribution in [1.82, 2.24) is 9.55 Å². The summed E-state index contributed by atoms with van der Waals surface area (Å²) in [7, 11) is 0. The van der Waals surface area contributed by atoms with Gasteiger partial charge in [-0.15, -0.1) is 0 Å². The molecule has 2 atom stereocenters. The van der Waals surface area contributed by atoms with E-state index < -0.39 is 0 Å². The second-order valence-corrected chi connectivity index (χ2v) is 8.22. The van der Waals surface area contributed by atoms with E-state index in [1.807, 2.05) is 12.5 Å². The number of allylic oxidation sites excluding steroid dienone is 2. The van der Waals surface area contributed by atoms with Crippen LogP contribution >= 0.6 is 0 Å². The van der Waals surface area contributed by atoms with Crippen LogP contribution in [0.3, 0.4) is 0 Å². The van der Waals surface area contributed by atoms with E-state index in [0.717, 1.165) is 18.4 Å². The Bertz CT molecular complexity index is 444. The zero-order chi connectivity index (χ0) is 16.5. The van der Waals surface area contributed by atoms with Gasteiger partial charge in [0, 0.05) is 18.9 Å². The predicted octanol–water partition coefficient (Wildman–Crippen LogP) is 6.24. The van der Waals surface area contributed by atoms with E-state index in [4.69, 9.17) is 0 Å². The second-order valence-electron chi connectivity index (χ2n) is 8.22. The van der Waals surface area contributed by atoms with Crippen LogP contribution in [0.5, 0.6) is 0 Å². The molecular formula is C21H36N2. The lowest BCUT2D eigenvalue weighted by Gasteiger charge is -2.40. The highest BCUT2D eigenvalue weighted by Crippen LogP contribution is 2.43. The third kappa shape index (κ3) is 6.53. The highest BCUT2D eigenvalue weighted by atomic mass is 15.0. The van der Waals surface area contributed by atoms with Gasteiger partial charge in [-0.3, -0.25) is 0 Å². The van der Waals surface area contributed by atoms with Gasteiger partial charge in [-0.05, 0) is 49.4 Å². The summed E-state index contributed by atoms with van der Waals surface area (Å²) in [6.45, 7) is 8.27.